The van der Waals surface area contributed by atoms with Gasteiger partial charge in [-0.15, -0.1) is 0 Å². The third kappa shape index (κ3) is 6.41. The summed E-state index contributed by atoms with van der Waals surface area (Å²) in [5.41, 5.74) is 17.8. The molecule has 0 aliphatic rings. The van der Waals surface area contributed by atoms with Crippen molar-refractivity contribution in [1.29, 1.82) is 0 Å². The minimum absolute atomic E-state index is 0.227. The van der Waals surface area contributed by atoms with Gasteiger partial charge in [-0.25, -0.2) is 18.7 Å². The molecule has 0 aliphatic carbocycles. The van der Waals surface area contributed by atoms with Gasteiger partial charge in [0.05, 0.1) is 90.7 Å². The van der Waals surface area contributed by atoms with Crippen molar-refractivity contribution >= 4 is 93.5 Å². The molecule has 0 atom stereocenters. The number of aromatic nitrogens is 6. The zero-order valence-electron chi connectivity index (χ0n) is 40.9. The predicted octanol–water partition coefficient (Wildman–Crippen LogP) is 17.6. The topological polar surface area (TPSA) is 63.6 Å². The smallest absolute Gasteiger partial charge is 0.147 e. The molecule has 360 valence electrons. The molecule has 0 amide bonds. The van der Waals surface area contributed by atoms with Gasteiger partial charge in [0.15, 0.2) is 0 Å². The number of hydrogen-bond donors (Lipinski definition) is 0. The van der Waals surface area contributed by atoms with Crippen LogP contribution in [0.1, 0.15) is 0 Å². The fourth-order valence-corrected chi connectivity index (χ4v) is 12.0. The van der Waals surface area contributed by atoms with Crippen LogP contribution in [0, 0.1) is 11.6 Å². The quantitative estimate of drug-likeness (QED) is 0.152. The first-order valence-electron chi connectivity index (χ1n) is 25.6. The molecule has 16 aromatic rings. The Kier molecular flexibility index (Phi) is 9.26. The van der Waals surface area contributed by atoms with Crippen LogP contribution < -0.4 is 4.90 Å². The minimum Gasteiger partial charge on any atom is -0.305 e. The van der Waals surface area contributed by atoms with E-state index in [1.807, 2.05) is 73.1 Å². The molecule has 0 fully saturated rings. The maximum Gasteiger partial charge on any atom is 0.147 e. The molecule has 8 aromatic heterocycles. The number of hydrogen-bond acceptors (Lipinski definition) is 5. The molecule has 16 rings (SSSR count). The second-order valence-corrected chi connectivity index (χ2v) is 19.6. The molecule has 0 saturated carbocycles. The summed E-state index contributed by atoms with van der Waals surface area (Å²) >= 11 is 0. The van der Waals surface area contributed by atoms with Gasteiger partial charge in [-0.3, -0.25) is 9.97 Å². The van der Waals surface area contributed by atoms with Crippen LogP contribution in [0.15, 0.2) is 237 Å². The van der Waals surface area contributed by atoms with Crippen molar-refractivity contribution < 1.29 is 8.78 Å². The summed E-state index contributed by atoms with van der Waals surface area (Å²) in [5.74, 6) is -0.947. The lowest BCUT2D eigenvalue weighted by Gasteiger charge is -2.26. The summed E-state index contributed by atoms with van der Waals surface area (Å²) in [6.07, 6.45) is 4.00. The van der Waals surface area contributed by atoms with Crippen molar-refractivity contribution in [3.63, 3.8) is 0 Å². The Morgan fingerprint density at radius 1 is 0.325 bits per heavy atom. The first kappa shape index (κ1) is 43.1. The van der Waals surface area contributed by atoms with Gasteiger partial charge >= 0.3 is 0 Å². The number of fused-ring (bicyclic) bond motifs is 12. The van der Waals surface area contributed by atoms with Gasteiger partial charge in [-0.05, 0) is 72.3 Å². The number of rotatable bonds is 8. The number of anilines is 3. The molecule has 7 nitrogen and oxygen atoms in total. The van der Waals surface area contributed by atoms with E-state index in [4.69, 9.17) is 19.9 Å². The van der Waals surface area contributed by atoms with Gasteiger partial charge in [0.2, 0.25) is 0 Å². The standard InChI is InChI=1S/C68H39F2N7/c69-52-25-13-15-27-58(52)75(59-28-16-14-26-53(59)70)45-31-29-44(30-32-45)62-65-50(63-67-48(36-56(73-63)42-21-9-3-10-22-42)46-34-54(40-17-5-1-6-18-40)71-38-60(46)76(65)67)33-51-64-68-49(37-57(74-64)43-23-11-4-12-24-43)47-35-55(41-19-7-2-8-20-41)72-39-61(47)77(68)66(51)62/h1-39H. The second kappa shape index (κ2) is 16.6. The zero-order valence-corrected chi connectivity index (χ0v) is 40.9. The molecule has 0 aliphatic heterocycles. The van der Waals surface area contributed by atoms with Crippen molar-refractivity contribution in [2.24, 2.45) is 0 Å². The number of pyridine rings is 4. The van der Waals surface area contributed by atoms with Crippen LogP contribution in [0.2, 0.25) is 0 Å². The van der Waals surface area contributed by atoms with E-state index < -0.39 is 11.6 Å². The van der Waals surface area contributed by atoms with Gasteiger partial charge in [-0.2, -0.15) is 0 Å². The number of nitrogens with zero attached hydrogens (tertiary/aromatic N) is 7. The van der Waals surface area contributed by atoms with Crippen molar-refractivity contribution in [2.75, 3.05) is 4.90 Å². The summed E-state index contributed by atoms with van der Waals surface area (Å²) in [6.45, 7) is 0. The van der Waals surface area contributed by atoms with Crippen molar-refractivity contribution in [3.05, 3.63) is 248 Å². The summed E-state index contributed by atoms with van der Waals surface area (Å²) < 4.78 is 36.7. The van der Waals surface area contributed by atoms with E-state index in [9.17, 15) is 0 Å². The van der Waals surface area contributed by atoms with E-state index in [2.05, 4.69) is 124 Å². The van der Waals surface area contributed by atoms with Crippen molar-refractivity contribution in [1.82, 2.24) is 28.7 Å². The Balaban J connectivity index is 1.08. The lowest BCUT2D eigenvalue weighted by atomic mass is 9.97. The fourth-order valence-electron chi connectivity index (χ4n) is 12.0. The highest BCUT2D eigenvalue weighted by Gasteiger charge is 2.30. The molecule has 8 aromatic carbocycles. The van der Waals surface area contributed by atoms with Gasteiger partial charge < -0.3 is 13.7 Å². The fraction of sp³-hybridized carbons (Fsp3) is 0. The summed E-state index contributed by atoms with van der Waals surface area (Å²) in [7, 11) is 0. The molecule has 77 heavy (non-hydrogen) atoms. The molecular weight excluding hydrogens is 953 g/mol. The monoisotopic (exact) mass is 991 g/mol. The second-order valence-electron chi connectivity index (χ2n) is 19.6. The first-order chi connectivity index (χ1) is 38.0. The lowest BCUT2D eigenvalue weighted by molar-refractivity contribution is 0.619. The van der Waals surface area contributed by atoms with E-state index in [1.165, 1.54) is 12.1 Å². The minimum atomic E-state index is -0.473. The van der Waals surface area contributed by atoms with E-state index in [0.717, 1.165) is 133 Å². The Bertz CT molecular complexity index is 4690. The highest BCUT2D eigenvalue weighted by molar-refractivity contribution is 6.32. The molecule has 8 heterocycles. The largest absolute Gasteiger partial charge is 0.305 e. The third-order valence-electron chi connectivity index (χ3n) is 15.4. The van der Waals surface area contributed by atoms with E-state index in [0.29, 0.717) is 5.69 Å². The first-order valence-corrected chi connectivity index (χ1v) is 25.6. The summed E-state index contributed by atoms with van der Waals surface area (Å²) in [5, 5.41) is 6.13. The Morgan fingerprint density at radius 2 is 0.701 bits per heavy atom. The molecule has 0 spiro atoms. The third-order valence-corrected chi connectivity index (χ3v) is 15.4. The van der Waals surface area contributed by atoms with Crippen LogP contribution in [0.25, 0.3) is 133 Å². The molecule has 0 saturated heterocycles. The summed E-state index contributed by atoms with van der Waals surface area (Å²) in [4.78, 5) is 23.2. The molecule has 0 radical (unpaired) electrons. The van der Waals surface area contributed by atoms with Gasteiger partial charge in [0, 0.05) is 65.8 Å². The summed E-state index contributed by atoms with van der Waals surface area (Å²) in [6, 6.07) is 73.4. The van der Waals surface area contributed by atoms with Gasteiger partial charge in [0.1, 0.15) is 11.6 Å². The predicted molar refractivity (Wildman–Crippen MR) is 309 cm³/mol. The maximum atomic E-state index is 16.0. The Labute approximate surface area is 438 Å². The van der Waals surface area contributed by atoms with Crippen LogP contribution in [0.5, 0.6) is 0 Å². The maximum absolute atomic E-state index is 16.0. The number of benzene rings is 8. The average molecular weight is 992 g/mol. The Morgan fingerprint density at radius 3 is 1.12 bits per heavy atom. The molecule has 0 unspecified atom stereocenters. The van der Waals surface area contributed by atoms with Gasteiger partial charge in [-0.1, -0.05) is 158 Å². The van der Waals surface area contributed by atoms with E-state index >= 15 is 8.78 Å². The van der Waals surface area contributed by atoms with Crippen LogP contribution in [-0.4, -0.2) is 28.7 Å². The van der Waals surface area contributed by atoms with Crippen LogP contribution in [-0.2, 0) is 0 Å². The normalized spacial score (nSPS) is 12.0. The highest BCUT2D eigenvalue weighted by Crippen LogP contribution is 2.51. The molecule has 9 heteroatoms. The zero-order chi connectivity index (χ0) is 50.9. The number of para-hydroxylation sites is 2. The molecule has 0 N–H and O–H groups in total. The van der Waals surface area contributed by atoms with Crippen LogP contribution in [0.4, 0.5) is 25.8 Å². The van der Waals surface area contributed by atoms with Gasteiger partial charge in [0.25, 0.3) is 0 Å². The van der Waals surface area contributed by atoms with Crippen LogP contribution >= 0.6 is 0 Å². The van der Waals surface area contributed by atoms with Crippen LogP contribution in [0.3, 0.4) is 0 Å². The lowest BCUT2D eigenvalue weighted by Crippen LogP contribution is -2.13. The molecule has 0 bridgehead atoms. The van der Waals surface area contributed by atoms with E-state index in [-0.39, 0.29) is 11.4 Å². The average Bonchev–Trinajstić information content (AvgIpc) is 4.30. The Hall–Kier alpha value is -10.4. The number of halogens is 2. The van der Waals surface area contributed by atoms with Crippen molar-refractivity contribution in [2.45, 2.75) is 0 Å². The van der Waals surface area contributed by atoms with Crippen molar-refractivity contribution in [3.8, 4) is 56.2 Å². The highest BCUT2D eigenvalue weighted by atomic mass is 19.1. The van der Waals surface area contributed by atoms with E-state index in [1.54, 1.807) is 41.3 Å². The SMILES string of the molecule is Fc1ccccc1N(c1ccc(-c2c3c(cc4c5nc(-c6ccccc6)cc6c7cc(-c8ccccc8)ncc7n(c24)c65)c2nc(-c4ccccc4)cc4c5cc(-c6ccccc6)ncc5n3c42)cc1)c1ccccc1F. The molecular formula is C68H39F2N7.